The maximum absolute atomic E-state index is 6.43. The second kappa shape index (κ2) is 5.21. The maximum atomic E-state index is 6.43. The van der Waals surface area contributed by atoms with Gasteiger partial charge in [0.1, 0.15) is 0 Å². The van der Waals surface area contributed by atoms with Gasteiger partial charge in [-0.25, -0.2) is 0 Å². The van der Waals surface area contributed by atoms with Crippen LogP contribution in [0, 0.1) is 5.41 Å². The summed E-state index contributed by atoms with van der Waals surface area (Å²) in [6.07, 6.45) is 6.22. The van der Waals surface area contributed by atoms with Crippen molar-refractivity contribution in [2.45, 2.75) is 38.1 Å². The third-order valence-corrected chi connectivity index (χ3v) is 6.65. The predicted molar refractivity (Wildman–Crippen MR) is 88.0 cm³/mol. The van der Waals surface area contributed by atoms with Crippen molar-refractivity contribution in [3.8, 4) is 0 Å². The fourth-order valence-electron chi connectivity index (χ4n) is 3.58. The molecule has 2 unspecified atom stereocenters. The Bertz CT molecular complexity index is 440. The topological polar surface area (TPSA) is 29.3 Å². The van der Waals surface area contributed by atoms with Crippen molar-refractivity contribution in [3.63, 3.8) is 0 Å². The van der Waals surface area contributed by atoms with Crippen LogP contribution in [0.3, 0.4) is 0 Å². The molecule has 0 bridgehead atoms. The lowest BCUT2D eigenvalue weighted by atomic mass is 9.75. The Kier molecular flexibility index (Phi) is 3.78. The van der Waals surface area contributed by atoms with Gasteiger partial charge in [-0.15, -0.1) is 0 Å². The molecule has 2 N–H and O–H groups in total. The van der Waals surface area contributed by atoms with E-state index in [1.54, 1.807) is 0 Å². The molecular weight excluding hydrogens is 355 g/mol. The molecule has 1 aromatic carbocycles. The van der Waals surface area contributed by atoms with Gasteiger partial charge in [-0.3, -0.25) is 0 Å². The molecular formula is C14H19IN2S. The number of fused-ring (bicyclic) bond motifs is 1. The zero-order valence-corrected chi connectivity index (χ0v) is 13.4. The number of hydrogen-bond donors (Lipinski definition) is 1. The van der Waals surface area contributed by atoms with Gasteiger partial charge in [0, 0.05) is 42.9 Å². The molecule has 1 aromatic rings. The number of nitrogens with zero attached hydrogens (tertiary/aromatic N) is 1. The molecule has 98 valence electrons. The number of benzene rings is 1. The smallest absolute Gasteiger partial charge is 0.0509 e. The zero-order valence-electron chi connectivity index (χ0n) is 10.4. The van der Waals surface area contributed by atoms with E-state index in [0.29, 0.717) is 11.5 Å². The Hall–Kier alpha value is 0.0600. The molecule has 1 aliphatic carbocycles. The van der Waals surface area contributed by atoms with E-state index in [9.17, 15) is 0 Å². The van der Waals surface area contributed by atoms with Gasteiger partial charge in [0.2, 0.25) is 0 Å². The lowest BCUT2D eigenvalue weighted by Gasteiger charge is -2.32. The summed E-state index contributed by atoms with van der Waals surface area (Å²) in [5.41, 5.74) is 9.67. The van der Waals surface area contributed by atoms with E-state index in [0.717, 1.165) is 13.0 Å². The van der Waals surface area contributed by atoms with Crippen molar-refractivity contribution in [1.29, 1.82) is 0 Å². The molecule has 1 aliphatic heterocycles. The van der Waals surface area contributed by atoms with E-state index >= 15 is 0 Å². The third kappa shape index (κ3) is 2.16. The molecule has 0 aromatic heterocycles. The molecule has 3 rings (SSSR count). The highest BCUT2D eigenvalue weighted by atomic mass is 127. The fourth-order valence-corrected chi connectivity index (χ4v) is 5.22. The molecule has 0 saturated heterocycles. The van der Waals surface area contributed by atoms with Crippen molar-refractivity contribution >= 4 is 36.0 Å². The summed E-state index contributed by atoms with van der Waals surface area (Å²) < 4.78 is 2.43. The Morgan fingerprint density at radius 3 is 2.89 bits per heavy atom. The van der Waals surface area contributed by atoms with Crippen molar-refractivity contribution in [2.75, 3.05) is 10.8 Å². The Morgan fingerprint density at radius 2 is 2.17 bits per heavy atom. The second-order valence-electron chi connectivity index (χ2n) is 5.59. The number of anilines is 1. The van der Waals surface area contributed by atoms with Gasteiger partial charge in [-0.1, -0.05) is 24.6 Å². The summed E-state index contributed by atoms with van der Waals surface area (Å²) >= 11 is 2.39. The zero-order chi connectivity index (χ0) is 12.6. The molecule has 1 fully saturated rings. The van der Waals surface area contributed by atoms with E-state index in [1.807, 2.05) is 9.12 Å². The van der Waals surface area contributed by atoms with E-state index < -0.39 is 0 Å². The van der Waals surface area contributed by atoms with E-state index in [1.165, 1.54) is 36.9 Å². The van der Waals surface area contributed by atoms with E-state index in [-0.39, 0.29) is 0 Å². The summed E-state index contributed by atoms with van der Waals surface area (Å²) in [5, 5.41) is 0. The predicted octanol–water partition coefficient (Wildman–Crippen LogP) is 3.94. The highest BCUT2D eigenvalue weighted by Crippen LogP contribution is 2.48. The van der Waals surface area contributed by atoms with Gasteiger partial charge in [0.15, 0.2) is 0 Å². The highest BCUT2D eigenvalue weighted by Gasteiger charge is 2.42. The maximum Gasteiger partial charge on any atom is 0.0509 e. The highest BCUT2D eigenvalue weighted by molar-refractivity contribution is 14.2. The molecule has 2 nitrogen and oxygen atoms in total. The van der Waals surface area contributed by atoms with Crippen LogP contribution in [0.1, 0.15) is 31.2 Å². The minimum Gasteiger partial charge on any atom is -0.327 e. The van der Waals surface area contributed by atoms with Crippen molar-refractivity contribution in [2.24, 2.45) is 11.1 Å². The normalized spacial score (nSPS) is 31.4. The Morgan fingerprint density at radius 1 is 1.33 bits per heavy atom. The average molecular weight is 374 g/mol. The lowest BCUT2D eigenvalue weighted by Crippen LogP contribution is -2.39. The fraction of sp³-hybridized carbons (Fsp3) is 0.571. The molecule has 18 heavy (non-hydrogen) atoms. The SMILES string of the molecule is NC1CCCC12CCN(SI)c1ccccc1C2. The van der Waals surface area contributed by atoms with Gasteiger partial charge in [0.05, 0.1) is 5.69 Å². The van der Waals surface area contributed by atoms with Crippen molar-refractivity contribution in [3.05, 3.63) is 29.8 Å². The van der Waals surface area contributed by atoms with Crippen LogP contribution in [0.25, 0.3) is 0 Å². The molecule has 2 aliphatic rings. The molecule has 0 radical (unpaired) electrons. The van der Waals surface area contributed by atoms with Crippen LogP contribution >= 0.6 is 30.3 Å². The number of hydrogen-bond acceptors (Lipinski definition) is 3. The number of para-hydroxylation sites is 1. The first kappa shape index (κ1) is 13.1. The molecule has 1 heterocycles. The molecule has 1 saturated carbocycles. The first-order valence-corrected chi connectivity index (χ1v) is 9.96. The summed E-state index contributed by atoms with van der Waals surface area (Å²) in [6.45, 7) is 1.12. The van der Waals surface area contributed by atoms with Gasteiger partial charge < -0.3 is 10.0 Å². The van der Waals surface area contributed by atoms with Crippen LogP contribution in [-0.4, -0.2) is 12.6 Å². The lowest BCUT2D eigenvalue weighted by molar-refractivity contribution is 0.244. The Balaban J connectivity index is 1.99. The molecule has 1 spiro atoms. The summed E-state index contributed by atoms with van der Waals surface area (Å²) in [5.74, 6) is 0. The molecule has 2 atom stereocenters. The third-order valence-electron chi connectivity index (χ3n) is 4.68. The van der Waals surface area contributed by atoms with Gasteiger partial charge in [-0.05, 0) is 42.7 Å². The van der Waals surface area contributed by atoms with E-state index in [4.69, 9.17) is 5.73 Å². The van der Waals surface area contributed by atoms with E-state index in [2.05, 4.69) is 49.8 Å². The van der Waals surface area contributed by atoms with Crippen LogP contribution in [-0.2, 0) is 6.42 Å². The van der Waals surface area contributed by atoms with Crippen LogP contribution in [0.15, 0.2) is 24.3 Å². The second-order valence-corrected chi connectivity index (χ2v) is 7.35. The standard InChI is InChI=1S/C14H19IN2S/c15-18-17-9-8-14(7-3-6-13(14)16)10-11-4-1-2-5-12(11)17/h1-2,4-5,13H,3,6-10,16H2. The van der Waals surface area contributed by atoms with Crippen LogP contribution in [0.2, 0.25) is 0 Å². The molecule has 4 heteroatoms. The average Bonchev–Trinajstić information content (AvgIpc) is 2.65. The Labute approximate surface area is 125 Å². The summed E-state index contributed by atoms with van der Waals surface area (Å²) in [7, 11) is 1.81. The largest absolute Gasteiger partial charge is 0.327 e. The molecule has 0 amide bonds. The van der Waals surface area contributed by atoms with Crippen LogP contribution in [0.5, 0.6) is 0 Å². The minimum absolute atomic E-state index is 0.358. The first-order valence-electron chi connectivity index (χ1n) is 6.65. The monoisotopic (exact) mass is 374 g/mol. The van der Waals surface area contributed by atoms with Crippen LogP contribution < -0.4 is 10.0 Å². The van der Waals surface area contributed by atoms with Gasteiger partial charge >= 0.3 is 0 Å². The van der Waals surface area contributed by atoms with Gasteiger partial charge in [-0.2, -0.15) is 0 Å². The minimum atomic E-state index is 0.358. The summed E-state index contributed by atoms with van der Waals surface area (Å²) in [4.78, 5) is 0. The quantitative estimate of drug-likeness (QED) is 0.597. The van der Waals surface area contributed by atoms with Crippen molar-refractivity contribution < 1.29 is 0 Å². The number of rotatable bonds is 1. The number of nitrogens with two attached hydrogens (primary N) is 1. The van der Waals surface area contributed by atoms with Gasteiger partial charge in [0.25, 0.3) is 0 Å². The summed E-state index contributed by atoms with van der Waals surface area (Å²) in [6, 6.07) is 9.23. The van der Waals surface area contributed by atoms with Crippen LogP contribution in [0.4, 0.5) is 5.69 Å². The van der Waals surface area contributed by atoms with Crippen molar-refractivity contribution in [1.82, 2.24) is 0 Å². The first-order chi connectivity index (χ1) is 8.75. The number of halogens is 1.